The molecule has 0 saturated carbocycles. The number of rotatable bonds is 3. The third kappa shape index (κ3) is 2.51. The molecule has 0 heterocycles. The van der Waals surface area contributed by atoms with Crippen molar-refractivity contribution in [1.82, 2.24) is 0 Å². The normalized spacial score (nSPS) is 14.5. The second-order valence-electron chi connectivity index (χ2n) is 3.26. The number of benzene rings is 1. The van der Waals surface area contributed by atoms with E-state index in [1.54, 1.807) is 19.1 Å². The molecule has 0 spiro atoms. The Morgan fingerprint density at radius 2 is 2.00 bits per heavy atom. The fourth-order valence-corrected chi connectivity index (χ4v) is 1.11. The molecule has 0 fully saturated rings. The molecular formula is C10H11N3O2. The van der Waals surface area contributed by atoms with Gasteiger partial charge >= 0.3 is 5.66 Å². The Morgan fingerprint density at radius 3 is 2.47 bits per heavy atom. The summed E-state index contributed by atoms with van der Waals surface area (Å²) < 4.78 is 0. The van der Waals surface area contributed by atoms with Crippen LogP contribution in [0.1, 0.15) is 18.1 Å². The number of nitrogens with zero attached hydrogens (tertiary/aromatic N) is 3. The SMILES string of the molecule is [C-]#[N+]C(C)(/N=N\OO)c1ccc(C)cc1. The van der Waals surface area contributed by atoms with Gasteiger partial charge in [-0.25, -0.2) is 11.6 Å². The van der Waals surface area contributed by atoms with Crippen molar-refractivity contribution in [2.45, 2.75) is 19.5 Å². The van der Waals surface area contributed by atoms with Gasteiger partial charge < -0.3 is 0 Å². The maximum Gasteiger partial charge on any atom is 0.367 e. The van der Waals surface area contributed by atoms with Gasteiger partial charge in [-0.3, -0.25) is 4.85 Å². The van der Waals surface area contributed by atoms with Crippen LogP contribution >= 0.6 is 0 Å². The predicted molar refractivity (Wildman–Crippen MR) is 53.7 cm³/mol. The summed E-state index contributed by atoms with van der Waals surface area (Å²) in [6, 6.07) is 7.36. The molecule has 5 heteroatoms. The monoisotopic (exact) mass is 205 g/mol. The molecule has 1 atom stereocenters. The summed E-state index contributed by atoms with van der Waals surface area (Å²) in [6.07, 6.45) is 0. The highest BCUT2D eigenvalue weighted by Crippen LogP contribution is 2.27. The molecule has 0 bridgehead atoms. The molecular weight excluding hydrogens is 194 g/mol. The first-order valence-corrected chi connectivity index (χ1v) is 4.31. The van der Waals surface area contributed by atoms with Gasteiger partial charge in [0.15, 0.2) is 0 Å². The average molecular weight is 205 g/mol. The molecule has 1 rings (SSSR count). The van der Waals surface area contributed by atoms with Crippen molar-refractivity contribution in [3.63, 3.8) is 0 Å². The molecule has 0 aromatic heterocycles. The van der Waals surface area contributed by atoms with Crippen LogP contribution in [0.4, 0.5) is 0 Å². The predicted octanol–water partition coefficient (Wildman–Crippen LogP) is 2.94. The van der Waals surface area contributed by atoms with E-state index >= 15 is 0 Å². The molecule has 0 aliphatic rings. The van der Waals surface area contributed by atoms with Gasteiger partial charge in [-0.1, -0.05) is 22.8 Å². The molecule has 1 unspecified atom stereocenters. The van der Waals surface area contributed by atoms with Crippen molar-refractivity contribution < 1.29 is 10.2 Å². The van der Waals surface area contributed by atoms with E-state index in [9.17, 15) is 0 Å². The van der Waals surface area contributed by atoms with Crippen molar-refractivity contribution in [1.29, 1.82) is 0 Å². The molecule has 5 nitrogen and oxygen atoms in total. The fourth-order valence-electron chi connectivity index (χ4n) is 1.11. The van der Waals surface area contributed by atoms with Crippen molar-refractivity contribution in [3.8, 4) is 0 Å². The van der Waals surface area contributed by atoms with E-state index in [2.05, 4.69) is 20.2 Å². The van der Waals surface area contributed by atoms with Gasteiger partial charge in [-0.2, -0.15) is 5.26 Å². The minimum absolute atomic E-state index is 0.698. The largest absolute Gasteiger partial charge is 0.367 e. The van der Waals surface area contributed by atoms with E-state index in [0.717, 1.165) is 5.56 Å². The van der Waals surface area contributed by atoms with Gasteiger partial charge in [0.05, 0.1) is 10.8 Å². The highest BCUT2D eigenvalue weighted by Gasteiger charge is 2.33. The summed E-state index contributed by atoms with van der Waals surface area (Å²) in [4.78, 5) is 6.86. The van der Waals surface area contributed by atoms with Gasteiger partial charge in [0.1, 0.15) is 0 Å². The third-order valence-corrected chi connectivity index (χ3v) is 2.09. The topological polar surface area (TPSA) is 58.5 Å². The standard InChI is InChI=1S/C10H11N3O2/c1-8-4-6-9(7-5-8)10(2,11-3)12-13-15-14/h4-7,14H,1-2H3/b13-12-. The van der Waals surface area contributed by atoms with Crippen LogP contribution in [0.5, 0.6) is 0 Å². The maximum absolute atomic E-state index is 8.05. The second-order valence-corrected chi connectivity index (χ2v) is 3.26. The van der Waals surface area contributed by atoms with E-state index < -0.39 is 5.66 Å². The zero-order chi connectivity index (χ0) is 11.3. The van der Waals surface area contributed by atoms with Crippen molar-refractivity contribution in [2.24, 2.45) is 10.4 Å². The van der Waals surface area contributed by atoms with Crippen LogP contribution in [0.25, 0.3) is 4.85 Å². The lowest BCUT2D eigenvalue weighted by Crippen LogP contribution is -2.12. The Morgan fingerprint density at radius 1 is 1.40 bits per heavy atom. The van der Waals surface area contributed by atoms with Crippen LogP contribution in [-0.2, 0) is 10.7 Å². The summed E-state index contributed by atoms with van der Waals surface area (Å²) in [5, 5.41) is 14.6. The third-order valence-electron chi connectivity index (χ3n) is 2.09. The first kappa shape index (κ1) is 11.1. The summed E-state index contributed by atoms with van der Waals surface area (Å²) in [5.41, 5.74) is 0.640. The first-order chi connectivity index (χ1) is 7.12. The molecule has 1 aromatic rings. The Hall–Kier alpha value is -1.93. The van der Waals surface area contributed by atoms with E-state index in [1.807, 2.05) is 19.1 Å². The molecule has 1 aromatic carbocycles. The minimum Gasteiger partial charge on any atom is -0.279 e. The molecule has 0 saturated heterocycles. The molecule has 78 valence electrons. The summed E-state index contributed by atoms with van der Waals surface area (Å²) in [7, 11) is 0. The Balaban J connectivity index is 3.07. The van der Waals surface area contributed by atoms with Crippen LogP contribution in [0.15, 0.2) is 34.7 Å². The van der Waals surface area contributed by atoms with E-state index in [4.69, 9.17) is 11.8 Å². The van der Waals surface area contributed by atoms with Crippen LogP contribution in [0.3, 0.4) is 0 Å². The van der Waals surface area contributed by atoms with Crippen molar-refractivity contribution >= 4 is 0 Å². The summed E-state index contributed by atoms with van der Waals surface area (Å²) in [5.74, 6) is 0. The molecule has 0 aliphatic carbocycles. The van der Waals surface area contributed by atoms with Crippen LogP contribution in [-0.4, -0.2) is 5.26 Å². The van der Waals surface area contributed by atoms with E-state index in [1.165, 1.54) is 0 Å². The zero-order valence-electron chi connectivity index (χ0n) is 8.51. The summed E-state index contributed by atoms with van der Waals surface area (Å²) >= 11 is 0. The zero-order valence-corrected chi connectivity index (χ0v) is 8.51. The average Bonchev–Trinajstić information content (AvgIpc) is 2.27. The van der Waals surface area contributed by atoms with Crippen molar-refractivity contribution in [3.05, 3.63) is 46.8 Å². The highest BCUT2D eigenvalue weighted by atomic mass is 17.2. The summed E-state index contributed by atoms with van der Waals surface area (Å²) in [6.45, 7) is 10.6. The van der Waals surface area contributed by atoms with E-state index in [0.29, 0.717) is 5.56 Å². The maximum atomic E-state index is 8.05. The molecule has 0 amide bonds. The van der Waals surface area contributed by atoms with Crippen LogP contribution < -0.4 is 0 Å². The van der Waals surface area contributed by atoms with Gasteiger partial charge in [0.25, 0.3) is 0 Å². The Labute approximate surface area is 87.7 Å². The minimum atomic E-state index is -1.16. The number of hydrogen-bond donors (Lipinski definition) is 1. The Bertz CT molecular complexity index is 394. The quantitative estimate of drug-likeness (QED) is 0.357. The highest BCUT2D eigenvalue weighted by molar-refractivity contribution is 5.29. The van der Waals surface area contributed by atoms with Gasteiger partial charge in [-0.05, 0) is 19.1 Å². The Kier molecular flexibility index (Phi) is 3.37. The number of hydrogen-bond acceptors (Lipinski definition) is 4. The van der Waals surface area contributed by atoms with Gasteiger partial charge in [0, 0.05) is 6.92 Å². The van der Waals surface area contributed by atoms with Gasteiger partial charge in [-0.15, -0.1) is 0 Å². The molecule has 15 heavy (non-hydrogen) atoms. The van der Waals surface area contributed by atoms with Crippen LogP contribution in [0, 0.1) is 13.5 Å². The number of aryl methyl sites for hydroxylation is 1. The van der Waals surface area contributed by atoms with Gasteiger partial charge in [0.2, 0.25) is 0 Å². The smallest absolute Gasteiger partial charge is 0.279 e. The lowest BCUT2D eigenvalue weighted by atomic mass is 10.0. The lowest BCUT2D eigenvalue weighted by Gasteiger charge is -2.09. The first-order valence-electron chi connectivity index (χ1n) is 4.31. The molecule has 0 radical (unpaired) electrons. The fraction of sp³-hybridized carbons (Fsp3) is 0.300. The second kappa shape index (κ2) is 4.53. The lowest BCUT2D eigenvalue weighted by molar-refractivity contribution is -0.252. The molecule has 1 N–H and O–H groups in total. The van der Waals surface area contributed by atoms with Crippen molar-refractivity contribution in [2.75, 3.05) is 0 Å². The van der Waals surface area contributed by atoms with E-state index in [-0.39, 0.29) is 0 Å². The molecule has 0 aliphatic heterocycles. The van der Waals surface area contributed by atoms with Crippen LogP contribution in [0.2, 0.25) is 0 Å².